The summed E-state index contributed by atoms with van der Waals surface area (Å²) in [5.74, 6) is 0. The average molecular weight is 214 g/mol. The van der Waals surface area contributed by atoms with Crippen LogP contribution in [0.3, 0.4) is 0 Å². The van der Waals surface area contributed by atoms with Gasteiger partial charge < -0.3 is 9.84 Å². The third kappa shape index (κ3) is 2.69. The smallest absolute Gasteiger partial charge is 0.0940 e. The quantitative estimate of drug-likeness (QED) is 0.642. The molecular formula is C11H22N2O2. The van der Waals surface area contributed by atoms with E-state index >= 15 is 0 Å². The molecule has 3 rings (SSSR count). The van der Waals surface area contributed by atoms with Crippen molar-refractivity contribution >= 4 is 0 Å². The van der Waals surface area contributed by atoms with E-state index in [9.17, 15) is 5.11 Å². The maximum Gasteiger partial charge on any atom is 0.0940 e. The van der Waals surface area contributed by atoms with Gasteiger partial charge in [0.05, 0.1) is 18.8 Å². The molecule has 4 heteroatoms. The lowest BCUT2D eigenvalue weighted by Gasteiger charge is -2.48. The Morgan fingerprint density at radius 2 is 2.07 bits per heavy atom. The predicted molar refractivity (Wildman–Crippen MR) is 58.9 cm³/mol. The maximum absolute atomic E-state index is 10.0. The molecule has 88 valence electrons. The molecule has 2 atom stereocenters. The summed E-state index contributed by atoms with van der Waals surface area (Å²) in [5.41, 5.74) is 0. The third-order valence-electron chi connectivity index (χ3n) is 3.40. The van der Waals surface area contributed by atoms with Crippen LogP contribution in [0.2, 0.25) is 0 Å². The Hall–Kier alpha value is -0.160. The zero-order chi connectivity index (χ0) is 10.7. The topological polar surface area (TPSA) is 35.9 Å². The fraction of sp³-hybridized carbons (Fsp3) is 1.00. The molecule has 3 fully saturated rings. The van der Waals surface area contributed by atoms with Gasteiger partial charge in [-0.25, -0.2) is 0 Å². The first-order chi connectivity index (χ1) is 7.31. The van der Waals surface area contributed by atoms with Gasteiger partial charge >= 0.3 is 0 Å². The van der Waals surface area contributed by atoms with E-state index in [2.05, 4.69) is 16.7 Å². The van der Waals surface area contributed by atoms with Crippen LogP contribution in [0.15, 0.2) is 0 Å². The Balaban J connectivity index is 1.77. The van der Waals surface area contributed by atoms with Gasteiger partial charge in [-0.3, -0.25) is 9.80 Å². The molecule has 0 aromatic rings. The molecule has 3 aliphatic heterocycles. The first kappa shape index (κ1) is 11.3. The average Bonchev–Trinajstić information content (AvgIpc) is 2.30. The second-order valence-corrected chi connectivity index (χ2v) is 4.55. The molecule has 2 bridgehead atoms. The molecule has 0 radical (unpaired) electrons. The molecule has 4 nitrogen and oxygen atoms in total. The molecule has 0 aromatic heterocycles. The molecular weight excluding hydrogens is 192 g/mol. The van der Waals surface area contributed by atoms with E-state index < -0.39 is 0 Å². The summed E-state index contributed by atoms with van der Waals surface area (Å²) >= 11 is 0. The number of aliphatic hydroxyl groups is 1. The van der Waals surface area contributed by atoms with Crippen molar-refractivity contribution in [2.45, 2.75) is 25.5 Å². The lowest BCUT2D eigenvalue weighted by atomic mass is 10.0. The highest BCUT2D eigenvalue weighted by Gasteiger charge is 2.35. The summed E-state index contributed by atoms with van der Waals surface area (Å²) in [4.78, 5) is 4.84. The van der Waals surface area contributed by atoms with Gasteiger partial charge in [0.1, 0.15) is 0 Å². The fourth-order valence-corrected chi connectivity index (χ4v) is 2.48. The van der Waals surface area contributed by atoms with E-state index in [1.807, 2.05) is 0 Å². The zero-order valence-electron chi connectivity index (χ0n) is 9.56. The summed E-state index contributed by atoms with van der Waals surface area (Å²) < 4.78 is 5.41. The fourth-order valence-electron chi connectivity index (χ4n) is 2.48. The lowest BCUT2D eigenvalue weighted by Crippen LogP contribution is -2.64. The standard InChI is InChI=1S/C11H22N2O2/c1-2-7-15-9-11(14)10-8-12-3-5-13(10)6-4-12/h10-11,14H,2-9H2,1H3. The molecule has 1 N–H and O–H groups in total. The number of hydrogen-bond donors (Lipinski definition) is 1. The Morgan fingerprint density at radius 1 is 1.33 bits per heavy atom. The molecule has 0 aromatic carbocycles. The van der Waals surface area contributed by atoms with Gasteiger partial charge in [0.15, 0.2) is 0 Å². The lowest BCUT2D eigenvalue weighted by molar-refractivity contribution is -0.0726. The van der Waals surface area contributed by atoms with Crippen LogP contribution in [0.1, 0.15) is 13.3 Å². The van der Waals surface area contributed by atoms with Crippen molar-refractivity contribution in [2.75, 3.05) is 45.9 Å². The minimum atomic E-state index is -0.320. The molecule has 3 heterocycles. The van der Waals surface area contributed by atoms with E-state index in [-0.39, 0.29) is 6.10 Å². The van der Waals surface area contributed by atoms with Crippen LogP contribution >= 0.6 is 0 Å². The highest BCUT2D eigenvalue weighted by atomic mass is 16.5. The van der Waals surface area contributed by atoms with Crippen LogP contribution in [-0.2, 0) is 4.74 Å². The molecule has 0 saturated carbocycles. The van der Waals surface area contributed by atoms with Gasteiger partial charge in [0, 0.05) is 39.3 Å². The number of nitrogens with zero attached hydrogens (tertiary/aromatic N) is 2. The van der Waals surface area contributed by atoms with Crippen molar-refractivity contribution in [1.29, 1.82) is 0 Å². The van der Waals surface area contributed by atoms with Crippen LogP contribution < -0.4 is 0 Å². The minimum absolute atomic E-state index is 0.296. The number of ether oxygens (including phenoxy) is 1. The van der Waals surface area contributed by atoms with Gasteiger partial charge in [0.2, 0.25) is 0 Å². The van der Waals surface area contributed by atoms with Crippen molar-refractivity contribution in [3.63, 3.8) is 0 Å². The van der Waals surface area contributed by atoms with E-state index in [1.54, 1.807) is 0 Å². The predicted octanol–water partition coefficient (Wildman–Crippen LogP) is -0.226. The molecule has 15 heavy (non-hydrogen) atoms. The summed E-state index contributed by atoms with van der Waals surface area (Å²) in [6.45, 7) is 8.89. The summed E-state index contributed by atoms with van der Waals surface area (Å²) in [7, 11) is 0. The van der Waals surface area contributed by atoms with Crippen molar-refractivity contribution in [3.05, 3.63) is 0 Å². The first-order valence-corrected chi connectivity index (χ1v) is 6.03. The summed E-state index contributed by atoms with van der Waals surface area (Å²) in [6.07, 6.45) is 0.701. The van der Waals surface area contributed by atoms with Gasteiger partial charge in [0.25, 0.3) is 0 Å². The molecule has 0 spiro atoms. The highest BCUT2D eigenvalue weighted by molar-refractivity contribution is 4.91. The van der Waals surface area contributed by atoms with Gasteiger partial charge in [-0.2, -0.15) is 0 Å². The Bertz CT molecular complexity index is 193. The molecule has 0 aliphatic carbocycles. The minimum Gasteiger partial charge on any atom is -0.389 e. The van der Waals surface area contributed by atoms with Crippen molar-refractivity contribution in [3.8, 4) is 0 Å². The molecule has 3 saturated heterocycles. The van der Waals surface area contributed by atoms with E-state index in [0.717, 1.165) is 32.7 Å². The third-order valence-corrected chi connectivity index (χ3v) is 3.40. The summed E-state index contributed by atoms with van der Waals surface area (Å²) in [6, 6.07) is 0.296. The monoisotopic (exact) mass is 214 g/mol. The second-order valence-electron chi connectivity index (χ2n) is 4.55. The SMILES string of the molecule is CCCOCC(O)C1CN2CCN1CC2. The molecule has 2 unspecified atom stereocenters. The number of fused-ring (bicyclic) bond motifs is 3. The van der Waals surface area contributed by atoms with Crippen LogP contribution in [0.4, 0.5) is 0 Å². The number of aliphatic hydroxyl groups excluding tert-OH is 1. The van der Waals surface area contributed by atoms with Gasteiger partial charge in [-0.1, -0.05) is 6.92 Å². The normalized spacial score (nSPS) is 36.8. The summed E-state index contributed by atoms with van der Waals surface area (Å²) in [5, 5.41) is 10.0. The van der Waals surface area contributed by atoms with E-state index in [4.69, 9.17) is 4.74 Å². The highest BCUT2D eigenvalue weighted by Crippen LogP contribution is 2.18. The number of piperazine rings is 3. The zero-order valence-corrected chi connectivity index (χ0v) is 9.56. The van der Waals surface area contributed by atoms with Crippen LogP contribution in [0, 0.1) is 0 Å². The maximum atomic E-state index is 10.0. The van der Waals surface area contributed by atoms with Crippen LogP contribution in [0.25, 0.3) is 0 Å². The number of rotatable bonds is 5. The Morgan fingerprint density at radius 3 is 2.60 bits per heavy atom. The van der Waals surface area contributed by atoms with Crippen LogP contribution in [0.5, 0.6) is 0 Å². The molecule has 3 aliphatic rings. The molecule has 0 amide bonds. The van der Waals surface area contributed by atoms with Crippen molar-refractivity contribution < 1.29 is 9.84 Å². The number of hydrogen-bond acceptors (Lipinski definition) is 4. The van der Waals surface area contributed by atoms with Gasteiger partial charge in [-0.15, -0.1) is 0 Å². The van der Waals surface area contributed by atoms with Crippen LogP contribution in [-0.4, -0.2) is 73.0 Å². The Labute approximate surface area is 91.8 Å². The second kappa shape index (κ2) is 5.25. The van der Waals surface area contributed by atoms with E-state index in [0.29, 0.717) is 12.6 Å². The Kier molecular flexibility index (Phi) is 3.97. The van der Waals surface area contributed by atoms with E-state index in [1.165, 1.54) is 13.1 Å². The largest absolute Gasteiger partial charge is 0.389 e. The van der Waals surface area contributed by atoms with Gasteiger partial charge in [-0.05, 0) is 6.42 Å². The first-order valence-electron chi connectivity index (χ1n) is 6.03. The van der Waals surface area contributed by atoms with Crippen molar-refractivity contribution in [1.82, 2.24) is 9.80 Å². The van der Waals surface area contributed by atoms with Crippen molar-refractivity contribution in [2.24, 2.45) is 0 Å².